The third kappa shape index (κ3) is 4.32. The molecule has 0 radical (unpaired) electrons. The van der Waals surface area contributed by atoms with Crippen molar-refractivity contribution < 1.29 is 4.43 Å². The molecule has 1 rings (SSSR count). The Labute approximate surface area is 102 Å². The Morgan fingerprint density at radius 3 is 2.56 bits per heavy atom. The topological polar surface area (TPSA) is 9.23 Å². The molecule has 0 aliphatic heterocycles. The summed E-state index contributed by atoms with van der Waals surface area (Å²) in [5, 5.41) is 0. The van der Waals surface area contributed by atoms with Crippen molar-refractivity contribution >= 4 is 8.32 Å². The lowest BCUT2D eigenvalue weighted by Gasteiger charge is -2.32. The van der Waals surface area contributed by atoms with Crippen LogP contribution in [0.1, 0.15) is 52.4 Å². The van der Waals surface area contributed by atoms with Crippen molar-refractivity contribution in [2.24, 2.45) is 5.92 Å². The minimum absolute atomic E-state index is 0.660. The maximum atomic E-state index is 6.32. The number of allylic oxidation sites excluding steroid dienone is 2. The largest absolute Gasteiger partial charge is 0.547 e. The Balaban J connectivity index is 2.78. The van der Waals surface area contributed by atoms with Crippen LogP contribution in [0, 0.1) is 5.92 Å². The molecule has 94 valence electrons. The van der Waals surface area contributed by atoms with Crippen molar-refractivity contribution in [2.75, 3.05) is 0 Å². The van der Waals surface area contributed by atoms with Crippen molar-refractivity contribution in [3.63, 3.8) is 0 Å². The fourth-order valence-corrected chi connectivity index (χ4v) is 3.37. The molecule has 0 N–H and O–H groups in total. The van der Waals surface area contributed by atoms with Crippen LogP contribution in [0.5, 0.6) is 0 Å². The third-order valence-corrected chi connectivity index (χ3v) is 3.99. The molecule has 0 saturated carbocycles. The minimum Gasteiger partial charge on any atom is -0.547 e. The molecule has 1 nitrogen and oxygen atoms in total. The average Bonchev–Trinajstić information content (AvgIpc) is 2.17. The second-order valence-electron chi connectivity index (χ2n) is 6.08. The Morgan fingerprint density at radius 1 is 1.31 bits per heavy atom. The maximum absolute atomic E-state index is 6.32. The third-order valence-electron chi connectivity index (χ3n) is 3.16. The van der Waals surface area contributed by atoms with E-state index in [1.165, 1.54) is 44.3 Å². The second kappa shape index (κ2) is 5.90. The molecule has 1 unspecified atom stereocenters. The molecule has 2 heteroatoms. The van der Waals surface area contributed by atoms with Crippen molar-refractivity contribution in [3.8, 4) is 0 Å². The molecule has 0 amide bonds. The van der Waals surface area contributed by atoms with Gasteiger partial charge in [-0.3, -0.25) is 0 Å². The van der Waals surface area contributed by atoms with Crippen molar-refractivity contribution in [1.29, 1.82) is 0 Å². The van der Waals surface area contributed by atoms with Crippen molar-refractivity contribution in [1.82, 2.24) is 0 Å². The minimum atomic E-state index is -1.43. The van der Waals surface area contributed by atoms with E-state index in [2.05, 4.69) is 33.5 Å². The van der Waals surface area contributed by atoms with Gasteiger partial charge in [-0.25, -0.2) is 0 Å². The molecule has 0 heterocycles. The summed E-state index contributed by atoms with van der Waals surface area (Å²) in [7, 11) is -1.43. The van der Waals surface area contributed by atoms with E-state index >= 15 is 0 Å². The summed E-state index contributed by atoms with van der Waals surface area (Å²) >= 11 is 0. The SMILES string of the molecule is CCCCC1=C(O[Si](C)(C)C)C(C)CCC1. The monoisotopic (exact) mass is 240 g/mol. The van der Waals surface area contributed by atoms with Gasteiger partial charge in [0.05, 0.1) is 5.76 Å². The molecule has 1 atom stereocenters. The molecule has 0 spiro atoms. The van der Waals surface area contributed by atoms with Gasteiger partial charge in [-0.2, -0.15) is 0 Å². The van der Waals surface area contributed by atoms with Gasteiger partial charge in [-0.05, 0) is 57.3 Å². The van der Waals surface area contributed by atoms with E-state index in [4.69, 9.17) is 4.43 Å². The van der Waals surface area contributed by atoms with E-state index in [9.17, 15) is 0 Å². The molecule has 0 fully saturated rings. The first-order valence-electron chi connectivity index (χ1n) is 6.85. The first-order chi connectivity index (χ1) is 7.44. The van der Waals surface area contributed by atoms with E-state index in [0.717, 1.165) is 0 Å². The highest BCUT2D eigenvalue weighted by Crippen LogP contribution is 2.34. The van der Waals surface area contributed by atoms with Crippen LogP contribution in [0.4, 0.5) is 0 Å². The lowest BCUT2D eigenvalue weighted by Crippen LogP contribution is -2.28. The summed E-state index contributed by atoms with van der Waals surface area (Å²) in [5.74, 6) is 2.03. The van der Waals surface area contributed by atoms with Gasteiger partial charge < -0.3 is 4.43 Å². The van der Waals surface area contributed by atoms with Crippen LogP contribution in [0.2, 0.25) is 19.6 Å². The molecular formula is C14H28OSi. The highest BCUT2D eigenvalue weighted by atomic mass is 28.4. The van der Waals surface area contributed by atoms with E-state index in [1.807, 2.05) is 0 Å². The van der Waals surface area contributed by atoms with Gasteiger partial charge in [-0.15, -0.1) is 0 Å². The lowest BCUT2D eigenvalue weighted by atomic mass is 9.87. The van der Waals surface area contributed by atoms with E-state index in [-0.39, 0.29) is 0 Å². The van der Waals surface area contributed by atoms with E-state index in [0.29, 0.717) is 5.92 Å². The average molecular weight is 240 g/mol. The lowest BCUT2D eigenvalue weighted by molar-refractivity contribution is 0.311. The fraction of sp³-hybridized carbons (Fsp3) is 0.857. The van der Waals surface area contributed by atoms with E-state index in [1.54, 1.807) is 5.57 Å². The number of hydrogen-bond donors (Lipinski definition) is 0. The zero-order valence-electron chi connectivity index (χ0n) is 11.7. The molecule has 0 aromatic rings. The second-order valence-corrected chi connectivity index (χ2v) is 10.5. The number of hydrogen-bond acceptors (Lipinski definition) is 1. The summed E-state index contributed by atoms with van der Waals surface area (Å²) < 4.78 is 6.32. The van der Waals surface area contributed by atoms with Crippen LogP contribution in [0.3, 0.4) is 0 Å². The number of unbranched alkanes of at least 4 members (excludes halogenated alkanes) is 1. The molecule has 0 aromatic heterocycles. The Kier molecular flexibility index (Phi) is 5.10. The number of rotatable bonds is 5. The van der Waals surface area contributed by atoms with Gasteiger partial charge in [0.1, 0.15) is 0 Å². The Morgan fingerprint density at radius 2 is 2.00 bits per heavy atom. The Bertz CT molecular complexity index is 250. The first kappa shape index (κ1) is 13.8. The predicted octanol–water partition coefficient (Wildman–Crippen LogP) is 5.10. The summed E-state index contributed by atoms with van der Waals surface area (Å²) in [6, 6.07) is 0. The molecule has 1 aliphatic rings. The first-order valence-corrected chi connectivity index (χ1v) is 10.3. The van der Waals surface area contributed by atoms with Crippen LogP contribution in [0.15, 0.2) is 11.3 Å². The fourth-order valence-electron chi connectivity index (χ4n) is 2.37. The standard InChI is InChI=1S/C14H28OSi/c1-6-7-10-13-11-8-9-12(2)14(13)15-16(3,4)5/h12H,6-11H2,1-5H3. The van der Waals surface area contributed by atoms with Gasteiger partial charge in [0.2, 0.25) is 8.32 Å². The maximum Gasteiger partial charge on any atom is 0.241 e. The summed E-state index contributed by atoms with van der Waals surface area (Å²) in [6.45, 7) is 11.5. The zero-order valence-corrected chi connectivity index (χ0v) is 12.7. The highest BCUT2D eigenvalue weighted by molar-refractivity contribution is 6.70. The molecular weight excluding hydrogens is 212 g/mol. The molecule has 0 saturated heterocycles. The van der Waals surface area contributed by atoms with Gasteiger partial charge in [0.15, 0.2) is 0 Å². The predicted molar refractivity (Wildman–Crippen MR) is 74.0 cm³/mol. The van der Waals surface area contributed by atoms with Gasteiger partial charge in [0.25, 0.3) is 0 Å². The van der Waals surface area contributed by atoms with Crippen molar-refractivity contribution in [3.05, 3.63) is 11.3 Å². The molecule has 1 aliphatic carbocycles. The van der Waals surface area contributed by atoms with Gasteiger partial charge >= 0.3 is 0 Å². The Hall–Kier alpha value is -0.243. The highest BCUT2D eigenvalue weighted by Gasteiger charge is 2.26. The summed E-state index contributed by atoms with van der Waals surface area (Å²) in [6.07, 6.45) is 7.83. The van der Waals surface area contributed by atoms with Gasteiger partial charge in [0, 0.05) is 5.92 Å². The zero-order chi connectivity index (χ0) is 12.2. The van der Waals surface area contributed by atoms with Gasteiger partial charge in [-0.1, -0.05) is 20.3 Å². The van der Waals surface area contributed by atoms with E-state index < -0.39 is 8.32 Å². The van der Waals surface area contributed by atoms with Crippen LogP contribution < -0.4 is 0 Å². The summed E-state index contributed by atoms with van der Waals surface area (Å²) in [5.41, 5.74) is 1.63. The molecule has 0 aromatic carbocycles. The van der Waals surface area contributed by atoms with Crippen molar-refractivity contribution in [2.45, 2.75) is 72.0 Å². The summed E-state index contributed by atoms with van der Waals surface area (Å²) in [4.78, 5) is 0. The van der Waals surface area contributed by atoms with Crippen LogP contribution in [-0.2, 0) is 4.43 Å². The quantitative estimate of drug-likeness (QED) is 0.607. The smallest absolute Gasteiger partial charge is 0.241 e. The molecule has 0 bridgehead atoms. The normalized spacial score (nSPS) is 22.4. The molecule has 16 heavy (non-hydrogen) atoms. The van der Waals surface area contributed by atoms with Crippen LogP contribution >= 0.6 is 0 Å². The van der Waals surface area contributed by atoms with Crippen LogP contribution in [0.25, 0.3) is 0 Å². The van der Waals surface area contributed by atoms with Crippen LogP contribution in [-0.4, -0.2) is 8.32 Å².